The van der Waals surface area contributed by atoms with Crippen LogP contribution in [0.4, 0.5) is 13.2 Å². The summed E-state index contributed by atoms with van der Waals surface area (Å²) in [5.74, 6) is 1.77. The van der Waals surface area contributed by atoms with E-state index >= 15 is 0 Å². The van der Waals surface area contributed by atoms with E-state index in [2.05, 4.69) is 9.98 Å². The van der Waals surface area contributed by atoms with Crippen LogP contribution in [0.3, 0.4) is 0 Å². The fraction of sp³-hybridized carbons (Fsp3) is 0.391. The zero-order chi connectivity index (χ0) is 23.3. The van der Waals surface area contributed by atoms with Gasteiger partial charge in [0.2, 0.25) is 11.8 Å². The van der Waals surface area contributed by atoms with Crippen LogP contribution in [0.1, 0.15) is 30.5 Å². The lowest BCUT2D eigenvalue weighted by molar-refractivity contribution is -0.137. The predicted octanol–water partition coefficient (Wildman–Crippen LogP) is 4.99. The average molecular weight is 450 g/mol. The van der Waals surface area contributed by atoms with E-state index in [9.17, 15) is 13.2 Å². The third-order valence-corrected chi connectivity index (χ3v) is 4.62. The first-order chi connectivity index (χ1) is 15.2. The Labute approximate surface area is 184 Å². The van der Waals surface area contributed by atoms with Gasteiger partial charge in [-0.2, -0.15) is 13.2 Å². The number of halogens is 3. The van der Waals surface area contributed by atoms with E-state index < -0.39 is 11.7 Å². The molecule has 0 fully saturated rings. The number of allylic oxidation sites excluding steroid dienone is 1. The number of hydrogen-bond acceptors (Lipinski definition) is 6. The summed E-state index contributed by atoms with van der Waals surface area (Å²) < 4.78 is 60.5. The Balaban J connectivity index is 1.70. The molecule has 1 aromatic carbocycles. The van der Waals surface area contributed by atoms with Gasteiger partial charge in [0.1, 0.15) is 37.4 Å². The minimum atomic E-state index is -4.44. The average Bonchev–Trinajstić information content (AvgIpc) is 3.20. The molecule has 0 amide bonds. The van der Waals surface area contributed by atoms with Crippen molar-refractivity contribution in [1.82, 2.24) is 4.98 Å². The van der Waals surface area contributed by atoms with Gasteiger partial charge in [0.15, 0.2) is 0 Å². The van der Waals surface area contributed by atoms with Gasteiger partial charge in [0.25, 0.3) is 0 Å². The van der Waals surface area contributed by atoms with Crippen molar-refractivity contribution in [1.29, 1.82) is 0 Å². The second kappa shape index (κ2) is 9.93. The van der Waals surface area contributed by atoms with Crippen molar-refractivity contribution in [2.24, 2.45) is 4.99 Å². The Morgan fingerprint density at radius 1 is 1.22 bits per heavy atom. The Morgan fingerprint density at radius 2 is 2.00 bits per heavy atom. The second-order valence-electron chi connectivity index (χ2n) is 7.51. The Bertz CT molecular complexity index is 998. The first-order valence-corrected chi connectivity index (χ1v) is 9.99. The molecule has 9 heteroatoms. The first kappa shape index (κ1) is 23.4. The fourth-order valence-corrected chi connectivity index (χ4v) is 3.02. The van der Waals surface area contributed by atoms with Gasteiger partial charge in [0.05, 0.1) is 18.2 Å². The highest BCUT2D eigenvalue weighted by Crippen LogP contribution is 2.32. The highest BCUT2D eigenvalue weighted by Gasteiger charge is 2.31. The molecule has 1 aliphatic rings. The van der Waals surface area contributed by atoms with E-state index in [0.29, 0.717) is 29.6 Å². The number of alkyl halides is 3. The van der Waals surface area contributed by atoms with Crippen molar-refractivity contribution in [3.05, 3.63) is 58.8 Å². The lowest BCUT2D eigenvalue weighted by atomic mass is 10.1. The topological polar surface area (TPSA) is 62.2 Å². The van der Waals surface area contributed by atoms with Crippen LogP contribution in [0.15, 0.2) is 47.1 Å². The summed E-state index contributed by atoms with van der Waals surface area (Å²) >= 11 is 0. The maximum absolute atomic E-state index is 12.6. The molecule has 0 N–H and O–H groups in total. The second-order valence-corrected chi connectivity index (χ2v) is 7.51. The fourth-order valence-electron chi connectivity index (χ4n) is 3.02. The molecule has 32 heavy (non-hydrogen) atoms. The van der Waals surface area contributed by atoms with Gasteiger partial charge < -0.3 is 18.9 Å². The van der Waals surface area contributed by atoms with E-state index in [1.165, 1.54) is 6.07 Å². The molecular formula is C23H25F3N2O4. The Hall–Kier alpha value is -3.23. The third-order valence-electron chi connectivity index (χ3n) is 4.62. The third kappa shape index (κ3) is 5.93. The predicted molar refractivity (Wildman–Crippen MR) is 114 cm³/mol. The number of rotatable bonds is 8. The highest BCUT2D eigenvalue weighted by atomic mass is 19.4. The van der Waals surface area contributed by atoms with Gasteiger partial charge in [0, 0.05) is 12.3 Å². The van der Waals surface area contributed by atoms with E-state index in [-0.39, 0.29) is 25.1 Å². The number of aliphatic imine (C=N–C) groups is 1. The van der Waals surface area contributed by atoms with E-state index in [4.69, 9.17) is 18.9 Å². The van der Waals surface area contributed by atoms with Crippen LogP contribution in [0, 0.1) is 6.92 Å². The summed E-state index contributed by atoms with van der Waals surface area (Å²) in [4.78, 5) is 8.25. The lowest BCUT2D eigenvalue weighted by Crippen LogP contribution is -2.17. The molecule has 1 unspecified atom stereocenters. The Kier molecular flexibility index (Phi) is 7.27. The molecule has 0 radical (unpaired) electrons. The molecule has 3 rings (SSSR count). The van der Waals surface area contributed by atoms with Crippen LogP contribution in [-0.2, 0) is 10.9 Å². The minimum absolute atomic E-state index is 0.0877. The molecule has 172 valence electrons. The lowest BCUT2D eigenvalue weighted by Gasteiger charge is -2.14. The van der Waals surface area contributed by atoms with E-state index in [1.54, 1.807) is 7.11 Å². The van der Waals surface area contributed by atoms with Crippen LogP contribution < -0.4 is 14.2 Å². The van der Waals surface area contributed by atoms with Crippen molar-refractivity contribution in [3.63, 3.8) is 0 Å². The van der Waals surface area contributed by atoms with Crippen LogP contribution in [0.5, 0.6) is 17.4 Å². The normalized spacial score (nSPS) is 15.6. The quantitative estimate of drug-likeness (QED) is 0.531. The summed E-state index contributed by atoms with van der Waals surface area (Å²) in [7, 11) is 1.57. The standard InChI is InChI=1S/C23H25F3N2O4/c1-14(2)7-8-30-18-9-15(3)21(29-4)19(10-18)22-28-17(13-32-22)12-31-20-6-5-16(11-27-20)23(24,25)26/h5-7,9-11,17H,8,12-13H2,1-4H3. The smallest absolute Gasteiger partial charge is 0.417 e. The summed E-state index contributed by atoms with van der Waals surface area (Å²) in [6.07, 6.45) is -1.72. The molecule has 1 aromatic heterocycles. The maximum Gasteiger partial charge on any atom is 0.417 e. The Morgan fingerprint density at radius 3 is 2.62 bits per heavy atom. The molecule has 1 atom stereocenters. The van der Waals surface area contributed by atoms with Crippen molar-refractivity contribution in [2.45, 2.75) is 33.0 Å². The molecule has 0 saturated carbocycles. The number of pyridine rings is 1. The molecule has 6 nitrogen and oxygen atoms in total. The zero-order valence-electron chi connectivity index (χ0n) is 18.3. The number of aromatic nitrogens is 1. The van der Waals surface area contributed by atoms with Crippen LogP contribution in [0.25, 0.3) is 0 Å². The molecule has 0 bridgehead atoms. The number of aryl methyl sites for hydroxylation is 1. The molecule has 0 saturated heterocycles. The molecule has 0 spiro atoms. The van der Waals surface area contributed by atoms with Crippen molar-refractivity contribution in [3.8, 4) is 17.4 Å². The molecule has 1 aliphatic heterocycles. The largest absolute Gasteiger partial charge is 0.496 e. The summed E-state index contributed by atoms with van der Waals surface area (Å²) in [5.41, 5.74) is 1.86. The number of ether oxygens (including phenoxy) is 4. The maximum atomic E-state index is 12.6. The van der Waals surface area contributed by atoms with Crippen molar-refractivity contribution < 1.29 is 32.1 Å². The molecular weight excluding hydrogens is 425 g/mol. The number of methoxy groups -OCH3 is 1. The monoisotopic (exact) mass is 450 g/mol. The summed E-state index contributed by atoms with van der Waals surface area (Å²) in [5, 5.41) is 0. The number of hydrogen-bond donors (Lipinski definition) is 0. The van der Waals surface area contributed by atoms with Crippen LogP contribution in [0.2, 0.25) is 0 Å². The van der Waals surface area contributed by atoms with E-state index in [0.717, 1.165) is 23.4 Å². The number of benzene rings is 1. The SMILES string of the molecule is COc1c(C)cc(OCC=C(C)C)cc1C1=NC(COc2ccc(C(F)(F)F)cn2)CO1. The number of nitrogens with zero attached hydrogens (tertiary/aromatic N) is 2. The zero-order valence-corrected chi connectivity index (χ0v) is 18.3. The first-order valence-electron chi connectivity index (χ1n) is 9.99. The summed E-state index contributed by atoms with van der Waals surface area (Å²) in [6.45, 7) is 6.72. The van der Waals surface area contributed by atoms with Gasteiger partial charge in [-0.25, -0.2) is 9.98 Å². The van der Waals surface area contributed by atoms with E-state index in [1.807, 2.05) is 39.0 Å². The van der Waals surface area contributed by atoms with Crippen molar-refractivity contribution in [2.75, 3.05) is 26.9 Å². The van der Waals surface area contributed by atoms with Crippen molar-refractivity contribution >= 4 is 5.90 Å². The molecule has 2 heterocycles. The van der Waals surface area contributed by atoms with Gasteiger partial charge in [-0.3, -0.25) is 0 Å². The van der Waals surface area contributed by atoms with Gasteiger partial charge in [-0.1, -0.05) is 5.57 Å². The van der Waals surface area contributed by atoms with Gasteiger partial charge >= 0.3 is 6.18 Å². The minimum Gasteiger partial charge on any atom is -0.496 e. The highest BCUT2D eigenvalue weighted by molar-refractivity contribution is 5.98. The van der Waals surface area contributed by atoms with Gasteiger partial charge in [-0.15, -0.1) is 0 Å². The van der Waals surface area contributed by atoms with Gasteiger partial charge in [-0.05, 0) is 50.6 Å². The summed E-state index contributed by atoms with van der Waals surface area (Å²) in [6, 6.07) is 5.46. The van der Waals surface area contributed by atoms with Crippen LogP contribution in [-0.4, -0.2) is 43.9 Å². The van der Waals surface area contributed by atoms with Crippen LogP contribution >= 0.6 is 0 Å². The molecule has 2 aromatic rings. The molecule has 0 aliphatic carbocycles.